The quantitative estimate of drug-likeness (QED) is 0.513. The van der Waals surface area contributed by atoms with Crippen molar-refractivity contribution in [1.82, 2.24) is 4.90 Å². The fourth-order valence-corrected chi connectivity index (χ4v) is 1.50. The molecule has 0 amide bonds. The smallest absolute Gasteiger partial charge is 0.198 e. The molecule has 0 aliphatic heterocycles. The molecule has 0 saturated carbocycles. The highest BCUT2D eigenvalue weighted by molar-refractivity contribution is 5.50. The van der Waals surface area contributed by atoms with E-state index in [2.05, 4.69) is 18.7 Å². The van der Waals surface area contributed by atoms with Crippen LogP contribution >= 0.6 is 0 Å². The molecule has 0 aromatic rings. The molecule has 0 spiro atoms. The van der Waals surface area contributed by atoms with Gasteiger partial charge in [0.25, 0.3) is 0 Å². The van der Waals surface area contributed by atoms with E-state index in [1.165, 1.54) is 25.9 Å². The SMILES string of the molecule is CCCN(CCC)CCCC[C]=O. The molecule has 0 rings (SSSR count). The molecule has 1 radical (unpaired) electrons. The molecule has 0 fully saturated rings. The van der Waals surface area contributed by atoms with Crippen LogP contribution in [0.15, 0.2) is 0 Å². The third kappa shape index (κ3) is 7.97. The van der Waals surface area contributed by atoms with Gasteiger partial charge in [-0.1, -0.05) is 13.8 Å². The van der Waals surface area contributed by atoms with E-state index in [9.17, 15) is 4.79 Å². The van der Waals surface area contributed by atoms with Crippen LogP contribution in [0.25, 0.3) is 0 Å². The summed E-state index contributed by atoms with van der Waals surface area (Å²) in [4.78, 5) is 12.4. The number of nitrogens with zero attached hydrogens (tertiary/aromatic N) is 1. The maximum atomic E-state index is 9.96. The van der Waals surface area contributed by atoms with Crippen molar-refractivity contribution in [3.8, 4) is 0 Å². The lowest BCUT2D eigenvalue weighted by molar-refractivity contribution is 0.269. The van der Waals surface area contributed by atoms with Crippen LogP contribution in [0.3, 0.4) is 0 Å². The minimum atomic E-state index is 0.603. The van der Waals surface area contributed by atoms with Gasteiger partial charge >= 0.3 is 0 Å². The highest BCUT2D eigenvalue weighted by Crippen LogP contribution is 1.99. The molecule has 0 aromatic heterocycles. The summed E-state index contributed by atoms with van der Waals surface area (Å²) in [5.74, 6) is 0. The Kier molecular flexibility index (Phi) is 9.44. The van der Waals surface area contributed by atoms with Crippen LogP contribution in [-0.2, 0) is 4.79 Å². The summed E-state index contributed by atoms with van der Waals surface area (Å²) < 4.78 is 0. The third-order valence-electron chi connectivity index (χ3n) is 2.08. The predicted octanol–water partition coefficient (Wildman–Crippen LogP) is 2.39. The van der Waals surface area contributed by atoms with E-state index < -0.39 is 0 Å². The fraction of sp³-hybridized carbons (Fsp3) is 0.909. The Morgan fingerprint density at radius 1 is 1.00 bits per heavy atom. The van der Waals surface area contributed by atoms with Crippen LogP contribution < -0.4 is 0 Å². The highest BCUT2D eigenvalue weighted by atomic mass is 16.1. The van der Waals surface area contributed by atoms with Crippen LogP contribution in [0.5, 0.6) is 0 Å². The average molecular weight is 184 g/mol. The van der Waals surface area contributed by atoms with E-state index in [-0.39, 0.29) is 0 Å². The molecular formula is C11H22NO. The second-order valence-corrected chi connectivity index (χ2v) is 3.44. The molecule has 0 aromatic carbocycles. The summed E-state index contributed by atoms with van der Waals surface area (Å²) in [6.45, 7) is 7.95. The molecule has 0 bridgehead atoms. The first-order valence-corrected chi connectivity index (χ1v) is 5.42. The lowest BCUT2D eigenvalue weighted by atomic mass is 10.2. The summed E-state index contributed by atoms with van der Waals surface area (Å²) in [7, 11) is 0. The Balaban J connectivity index is 3.37. The van der Waals surface area contributed by atoms with Crippen LogP contribution in [0, 0.1) is 0 Å². The average Bonchev–Trinajstić information content (AvgIpc) is 2.13. The maximum Gasteiger partial charge on any atom is 0.198 e. The summed E-state index contributed by atoms with van der Waals surface area (Å²) in [6, 6.07) is 0. The van der Waals surface area contributed by atoms with Gasteiger partial charge in [-0.2, -0.15) is 0 Å². The number of unbranched alkanes of at least 4 members (excludes halogenated alkanes) is 2. The van der Waals surface area contributed by atoms with Gasteiger partial charge in [0.05, 0.1) is 0 Å². The van der Waals surface area contributed by atoms with E-state index in [1.807, 2.05) is 6.29 Å². The van der Waals surface area contributed by atoms with Crippen LogP contribution in [-0.4, -0.2) is 30.8 Å². The van der Waals surface area contributed by atoms with Gasteiger partial charge in [0.2, 0.25) is 0 Å². The highest BCUT2D eigenvalue weighted by Gasteiger charge is 2.00. The summed E-state index contributed by atoms with van der Waals surface area (Å²) >= 11 is 0. The summed E-state index contributed by atoms with van der Waals surface area (Å²) in [5, 5.41) is 0. The van der Waals surface area contributed by atoms with Crippen molar-refractivity contribution in [3.63, 3.8) is 0 Å². The molecule has 77 valence electrons. The lowest BCUT2D eigenvalue weighted by Crippen LogP contribution is -2.26. The standard InChI is InChI=1S/C11H22NO/c1-3-8-12(9-4-2)10-6-5-7-11-13/h3-10H2,1-2H3. The Labute approximate surface area is 82.3 Å². The largest absolute Gasteiger partial charge is 0.303 e. The van der Waals surface area contributed by atoms with Crippen molar-refractivity contribution < 1.29 is 4.79 Å². The van der Waals surface area contributed by atoms with Gasteiger partial charge in [-0.05, 0) is 45.3 Å². The topological polar surface area (TPSA) is 20.3 Å². The molecule has 2 nitrogen and oxygen atoms in total. The van der Waals surface area contributed by atoms with Crippen molar-refractivity contribution in [2.75, 3.05) is 19.6 Å². The van der Waals surface area contributed by atoms with Gasteiger partial charge < -0.3 is 4.90 Å². The number of rotatable bonds is 9. The zero-order valence-corrected chi connectivity index (χ0v) is 9.01. The van der Waals surface area contributed by atoms with Gasteiger partial charge in [-0.15, -0.1) is 0 Å². The van der Waals surface area contributed by atoms with Gasteiger partial charge in [-0.3, -0.25) is 4.79 Å². The lowest BCUT2D eigenvalue weighted by Gasteiger charge is -2.20. The number of carbonyl (C=O) groups excluding carboxylic acids is 1. The van der Waals surface area contributed by atoms with Gasteiger partial charge in [0.1, 0.15) is 0 Å². The predicted molar refractivity (Wildman–Crippen MR) is 56.6 cm³/mol. The van der Waals surface area contributed by atoms with Crippen molar-refractivity contribution in [2.24, 2.45) is 0 Å². The molecule has 0 saturated heterocycles. The zero-order valence-electron chi connectivity index (χ0n) is 9.01. The van der Waals surface area contributed by atoms with E-state index in [0.717, 1.165) is 19.4 Å². The van der Waals surface area contributed by atoms with E-state index in [1.54, 1.807) is 0 Å². The van der Waals surface area contributed by atoms with Gasteiger partial charge in [0, 0.05) is 6.42 Å². The molecule has 0 aliphatic carbocycles. The van der Waals surface area contributed by atoms with E-state index in [4.69, 9.17) is 0 Å². The minimum absolute atomic E-state index is 0.603. The Hall–Kier alpha value is -0.370. The number of hydrogen-bond acceptors (Lipinski definition) is 2. The van der Waals surface area contributed by atoms with Crippen molar-refractivity contribution in [2.45, 2.75) is 46.0 Å². The molecule has 0 N–H and O–H groups in total. The minimum Gasteiger partial charge on any atom is -0.303 e. The Morgan fingerprint density at radius 2 is 1.62 bits per heavy atom. The first-order chi connectivity index (χ1) is 6.35. The second kappa shape index (κ2) is 9.72. The fourth-order valence-electron chi connectivity index (χ4n) is 1.50. The molecular weight excluding hydrogens is 162 g/mol. The summed E-state index contributed by atoms with van der Waals surface area (Å²) in [5.41, 5.74) is 0. The first-order valence-electron chi connectivity index (χ1n) is 5.42. The van der Waals surface area contributed by atoms with Gasteiger partial charge in [-0.25, -0.2) is 0 Å². The third-order valence-corrected chi connectivity index (χ3v) is 2.08. The van der Waals surface area contributed by atoms with E-state index >= 15 is 0 Å². The second-order valence-electron chi connectivity index (χ2n) is 3.44. The molecule has 13 heavy (non-hydrogen) atoms. The molecule has 2 heteroatoms. The monoisotopic (exact) mass is 184 g/mol. The van der Waals surface area contributed by atoms with Gasteiger partial charge in [0.15, 0.2) is 6.29 Å². The Morgan fingerprint density at radius 3 is 2.08 bits per heavy atom. The van der Waals surface area contributed by atoms with Crippen molar-refractivity contribution in [1.29, 1.82) is 0 Å². The van der Waals surface area contributed by atoms with E-state index in [0.29, 0.717) is 6.42 Å². The maximum absolute atomic E-state index is 9.96. The summed E-state index contributed by atoms with van der Waals surface area (Å²) in [6.07, 6.45) is 7.11. The Bertz CT molecular complexity index is 109. The molecule has 0 heterocycles. The van der Waals surface area contributed by atoms with Crippen molar-refractivity contribution >= 4 is 6.29 Å². The molecule has 0 unspecified atom stereocenters. The first kappa shape index (κ1) is 12.6. The zero-order chi connectivity index (χ0) is 9.94. The number of hydrogen-bond donors (Lipinski definition) is 0. The normalized spacial score (nSPS) is 10.7. The molecule has 0 atom stereocenters. The van der Waals surface area contributed by atoms with Crippen LogP contribution in [0.2, 0.25) is 0 Å². The van der Waals surface area contributed by atoms with Crippen LogP contribution in [0.1, 0.15) is 46.0 Å². The van der Waals surface area contributed by atoms with Crippen molar-refractivity contribution in [3.05, 3.63) is 0 Å². The molecule has 0 aliphatic rings. The van der Waals surface area contributed by atoms with Crippen LogP contribution in [0.4, 0.5) is 0 Å².